The number of fused-ring (bicyclic) bond motifs is 1. The second-order valence-corrected chi connectivity index (χ2v) is 8.38. The Morgan fingerprint density at radius 1 is 1.25 bits per heavy atom. The molecule has 20 heavy (non-hydrogen) atoms. The van der Waals surface area contributed by atoms with E-state index in [1.807, 2.05) is 0 Å². The van der Waals surface area contributed by atoms with Gasteiger partial charge in [-0.1, -0.05) is 20.8 Å². The van der Waals surface area contributed by atoms with Crippen LogP contribution >= 0.6 is 0 Å². The minimum atomic E-state index is 0.220. The molecule has 0 amide bonds. The van der Waals surface area contributed by atoms with E-state index >= 15 is 0 Å². The highest BCUT2D eigenvalue weighted by Gasteiger charge is 2.50. The maximum absolute atomic E-state index is 6.35. The quantitative estimate of drug-likeness (QED) is 0.845. The first-order valence-corrected chi connectivity index (χ1v) is 8.54. The predicted octanol–water partition coefficient (Wildman–Crippen LogP) is 2.78. The summed E-state index contributed by atoms with van der Waals surface area (Å²) in [6, 6.07) is 0.633. The first-order valence-electron chi connectivity index (χ1n) is 8.54. The average molecular weight is 280 g/mol. The zero-order chi connectivity index (χ0) is 14.4. The number of ether oxygens (including phenoxy) is 1. The minimum absolute atomic E-state index is 0.220. The van der Waals surface area contributed by atoms with Gasteiger partial charge in [0.25, 0.3) is 0 Å². The lowest BCUT2D eigenvalue weighted by atomic mass is 9.63. The van der Waals surface area contributed by atoms with Crippen molar-refractivity contribution in [3.63, 3.8) is 0 Å². The fourth-order valence-corrected chi connectivity index (χ4v) is 5.71. The maximum Gasteiger partial charge on any atom is 0.0731 e. The molecule has 0 radical (unpaired) electrons. The van der Waals surface area contributed by atoms with Crippen molar-refractivity contribution in [1.29, 1.82) is 0 Å². The molecule has 0 aromatic rings. The molecule has 3 rings (SSSR count). The van der Waals surface area contributed by atoms with E-state index in [4.69, 9.17) is 10.5 Å². The van der Waals surface area contributed by atoms with Crippen molar-refractivity contribution in [3.8, 4) is 0 Å². The van der Waals surface area contributed by atoms with Crippen LogP contribution < -0.4 is 5.73 Å². The molecule has 0 aromatic heterocycles. The molecular weight excluding hydrogens is 248 g/mol. The molecule has 1 aliphatic heterocycles. The first kappa shape index (κ1) is 14.8. The van der Waals surface area contributed by atoms with Gasteiger partial charge in [-0.15, -0.1) is 0 Å². The molecule has 3 heteroatoms. The van der Waals surface area contributed by atoms with Gasteiger partial charge < -0.3 is 10.5 Å². The van der Waals surface area contributed by atoms with Crippen molar-refractivity contribution >= 4 is 0 Å². The van der Waals surface area contributed by atoms with Crippen LogP contribution in [0.3, 0.4) is 0 Å². The number of nitrogens with two attached hydrogens (primary N) is 1. The number of nitrogens with zero attached hydrogens (tertiary/aromatic N) is 1. The normalized spacial score (nSPS) is 45.3. The molecule has 3 fully saturated rings. The minimum Gasteiger partial charge on any atom is -0.375 e. The summed E-state index contributed by atoms with van der Waals surface area (Å²) < 4.78 is 6.01. The Kier molecular flexibility index (Phi) is 3.89. The lowest BCUT2D eigenvalue weighted by Crippen LogP contribution is -2.65. The number of hydrogen-bond acceptors (Lipinski definition) is 3. The van der Waals surface area contributed by atoms with Gasteiger partial charge in [-0.2, -0.15) is 0 Å². The van der Waals surface area contributed by atoms with Crippen LogP contribution in [0, 0.1) is 11.3 Å². The van der Waals surface area contributed by atoms with Gasteiger partial charge in [0.05, 0.1) is 12.7 Å². The van der Waals surface area contributed by atoms with Gasteiger partial charge in [-0.25, -0.2) is 0 Å². The molecule has 0 bridgehead atoms. The molecule has 0 aromatic carbocycles. The van der Waals surface area contributed by atoms with Crippen LogP contribution in [0.25, 0.3) is 0 Å². The Balaban J connectivity index is 1.87. The van der Waals surface area contributed by atoms with E-state index in [9.17, 15) is 0 Å². The smallest absolute Gasteiger partial charge is 0.0731 e. The molecule has 2 N–H and O–H groups in total. The Hall–Kier alpha value is -0.120. The zero-order valence-electron chi connectivity index (χ0n) is 13.5. The Morgan fingerprint density at radius 2 is 2.05 bits per heavy atom. The van der Waals surface area contributed by atoms with E-state index in [0.29, 0.717) is 17.6 Å². The van der Waals surface area contributed by atoms with Crippen molar-refractivity contribution in [2.24, 2.45) is 17.1 Å². The molecule has 2 saturated carbocycles. The van der Waals surface area contributed by atoms with Crippen LogP contribution in [0.1, 0.15) is 59.3 Å². The van der Waals surface area contributed by atoms with Crippen LogP contribution in [0.5, 0.6) is 0 Å². The van der Waals surface area contributed by atoms with E-state index in [-0.39, 0.29) is 5.54 Å². The van der Waals surface area contributed by atoms with Crippen molar-refractivity contribution in [2.75, 3.05) is 19.7 Å². The number of rotatable bonds is 2. The van der Waals surface area contributed by atoms with Crippen LogP contribution in [-0.4, -0.2) is 42.3 Å². The predicted molar refractivity (Wildman–Crippen MR) is 82.7 cm³/mol. The van der Waals surface area contributed by atoms with Crippen molar-refractivity contribution in [1.82, 2.24) is 4.90 Å². The molecule has 116 valence electrons. The van der Waals surface area contributed by atoms with E-state index in [1.54, 1.807) is 0 Å². The molecule has 0 spiro atoms. The molecule has 4 atom stereocenters. The van der Waals surface area contributed by atoms with Gasteiger partial charge in [0.15, 0.2) is 0 Å². The summed E-state index contributed by atoms with van der Waals surface area (Å²) in [5, 5.41) is 0. The van der Waals surface area contributed by atoms with E-state index < -0.39 is 0 Å². The van der Waals surface area contributed by atoms with Gasteiger partial charge in [-0.3, -0.25) is 4.90 Å². The molecule has 1 heterocycles. The molecule has 1 saturated heterocycles. The lowest BCUT2D eigenvalue weighted by Gasteiger charge is -2.56. The van der Waals surface area contributed by atoms with Gasteiger partial charge >= 0.3 is 0 Å². The summed E-state index contributed by atoms with van der Waals surface area (Å²) >= 11 is 0. The van der Waals surface area contributed by atoms with Gasteiger partial charge in [-0.05, 0) is 49.9 Å². The molecule has 4 unspecified atom stereocenters. The highest BCUT2D eigenvalue weighted by Crippen LogP contribution is 2.48. The topological polar surface area (TPSA) is 38.5 Å². The highest BCUT2D eigenvalue weighted by atomic mass is 16.5. The maximum atomic E-state index is 6.35. The van der Waals surface area contributed by atoms with Crippen LogP contribution in [0.2, 0.25) is 0 Å². The first-order chi connectivity index (χ1) is 9.46. The van der Waals surface area contributed by atoms with Gasteiger partial charge in [0, 0.05) is 24.7 Å². The summed E-state index contributed by atoms with van der Waals surface area (Å²) in [5.74, 6) is 0.782. The molecular formula is C17H32N2O. The van der Waals surface area contributed by atoms with Crippen molar-refractivity contribution in [2.45, 2.75) is 77.0 Å². The van der Waals surface area contributed by atoms with Crippen LogP contribution in [-0.2, 0) is 4.74 Å². The fraction of sp³-hybridized carbons (Fsp3) is 1.00. The van der Waals surface area contributed by atoms with E-state index in [0.717, 1.165) is 25.6 Å². The van der Waals surface area contributed by atoms with Gasteiger partial charge in [0.1, 0.15) is 0 Å². The molecule has 3 nitrogen and oxygen atoms in total. The summed E-state index contributed by atoms with van der Waals surface area (Å²) in [5.41, 5.74) is 6.99. The van der Waals surface area contributed by atoms with Crippen LogP contribution in [0.4, 0.5) is 0 Å². The van der Waals surface area contributed by atoms with E-state index in [1.165, 1.54) is 38.5 Å². The Bertz CT molecular complexity index is 357. The summed E-state index contributed by atoms with van der Waals surface area (Å²) in [6.45, 7) is 10.1. The lowest BCUT2D eigenvalue weighted by molar-refractivity contribution is -0.123. The Labute approximate surface area is 124 Å². The summed E-state index contributed by atoms with van der Waals surface area (Å²) in [7, 11) is 0. The third-order valence-corrected chi connectivity index (χ3v) is 5.91. The number of morpholine rings is 1. The Morgan fingerprint density at radius 3 is 2.75 bits per heavy atom. The van der Waals surface area contributed by atoms with Crippen molar-refractivity contribution in [3.05, 3.63) is 0 Å². The largest absolute Gasteiger partial charge is 0.375 e. The fourth-order valence-electron chi connectivity index (χ4n) is 5.71. The van der Waals surface area contributed by atoms with Gasteiger partial charge in [0.2, 0.25) is 0 Å². The van der Waals surface area contributed by atoms with Crippen LogP contribution in [0.15, 0.2) is 0 Å². The third-order valence-electron chi connectivity index (χ3n) is 5.91. The SMILES string of the molecule is CC1CC(C)(C)CC(CN)(N2CCOC3CCCC32)C1. The third kappa shape index (κ3) is 2.53. The number of hydrogen-bond donors (Lipinski definition) is 1. The summed E-state index contributed by atoms with van der Waals surface area (Å²) in [6.07, 6.45) is 8.23. The van der Waals surface area contributed by atoms with Crippen molar-refractivity contribution < 1.29 is 4.74 Å². The standard InChI is InChI=1S/C17H32N2O/c1-13-9-16(2,3)11-17(10-13,12-18)19-7-8-20-15-6-4-5-14(15)19/h13-15H,4-12,18H2,1-3H3. The highest BCUT2D eigenvalue weighted by molar-refractivity contribution is 5.05. The summed E-state index contributed by atoms with van der Waals surface area (Å²) in [4.78, 5) is 2.78. The second-order valence-electron chi connectivity index (χ2n) is 8.38. The monoisotopic (exact) mass is 280 g/mol. The molecule has 2 aliphatic carbocycles. The zero-order valence-corrected chi connectivity index (χ0v) is 13.5. The second kappa shape index (κ2) is 5.26. The molecule has 3 aliphatic rings. The van der Waals surface area contributed by atoms with E-state index in [2.05, 4.69) is 25.7 Å². The average Bonchev–Trinajstić information content (AvgIpc) is 2.84.